The van der Waals surface area contributed by atoms with E-state index in [1.807, 2.05) is 0 Å². The van der Waals surface area contributed by atoms with Crippen LogP contribution in [0.1, 0.15) is 18.4 Å². The van der Waals surface area contributed by atoms with Crippen LogP contribution in [0.3, 0.4) is 0 Å². The second kappa shape index (κ2) is 5.36. The molecule has 3 atom stereocenters. The third-order valence-corrected chi connectivity index (χ3v) is 3.74. The fourth-order valence-corrected chi connectivity index (χ4v) is 2.47. The molecule has 1 aliphatic heterocycles. The number of rotatable bonds is 3. The fourth-order valence-electron chi connectivity index (χ4n) is 2.16. The third kappa shape index (κ3) is 2.83. The highest BCUT2D eigenvalue weighted by Gasteiger charge is 2.30. The van der Waals surface area contributed by atoms with Crippen molar-refractivity contribution >= 4 is 23.3 Å². The zero-order valence-corrected chi connectivity index (χ0v) is 11.2. The van der Waals surface area contributed by atoms with Gasteiger partial charge in [-0.1, -0.05) is 17.7 Å². The predicted molar refractivity (Wildman–Crippen MR) is 71.7 cm³/mol. The van der Waals surface area contributed by atoms with Crippen molar-refractivity contribution < 1.29 is 20.1 Å². The van der Waals surface area contributed by atoms with Crippen molar-refractivity contribution in [1.29, 1.82) is 0 Å². The number of halogens is 1. The second-order valence-corrected chi connectivity index (χ2v) is 5.22. The van der Waals surface area contributed by atoms with Gasteiger partial charge in [0.2, 0.25) is 0 Å². The number of nitrogens with zero attached hydrogens (tertiary/aromatic N) is 1. The van der Waals surface area contributed by atoms with Gasteiger partial charge in [-0.2, -0.15) is 0 Å². The Hall–Kier alpha value is -1.30. The van der Waals surface area contributed by atoms with Crippen LogP contribution in [0.2, 0.25) is 5.02 Å². The number of β-amino-alcohol motifs (C(OH)–C–C–N with tert-alkyl or cyclic N) is 2. The maximum absolute atomic E-state index is 10.9. The van der Waals surface area contributed by atoms with Gasteiger partial charge in [-0.15, -0.1) is 0 Å². The van der Waals surface area contributed by atoms with E-state index in [-0.39, 0.29) is 0 Å². The standard InChI is InChI=1S/C13H16ClNO4/c1-7(13(18)19)8-2-3-10(9(14)4-8)15-5-11(16)12(17)6-15/h2-4,7,11-12,16-17H,5-6H2,1H3,(H,18,19)/t7?,11-,12-/m0/s1. The Balaban J connectivity index is 2.23. The van der Waals surface area contributed by atoms with E-state index < -0.39 is 24.1 Å². The van der Waals surface area contributed by atoms with Crippen molar-refractivity contribution in [1.82, 2.24) is 0 Å². The molecule has 104 valence electrons. The molecule has 0 amide bonds. The fraction of sp³-hybridized carbons (Fsp3) is 0.462. The van der Waals surface area contributed by atoms with Crippen LogP contribution in [0, 0.1) is 0 Å². The Labute approximate surface area is 116 Å². The molecule has 0 aliphatic carbocycles. The number of anilines is 1. The topological polar surface area (TPSA) is 81.0 Å². The average Bonchev–Trinajstić information content (AvgIpc) is 2.68. The van der Waals surface area contributed by atoms with E-state index in [2.05, 4.69) is 0 Å². The molecule has 3 N–H and O–H groups in total. The Morgan fingerprint density at radius 3 is 2.42 bits per heavy atom. The van der Waals surface area contributed by atoms with Gasteiger partial charge in [0.05, 0.1) is 28.8 Å². The third-order valence-electron chi connectivity index (χ3n) is 3.44. The van der Waals surface area contributed by atoms with Gasteiger partial charge in [-0.25, -0.2) is 0 Å². The average molecular weight is 286 g/mol. The number of aliphatic carboxylic acids is 1. The van der Waals surface area contributed by atoms with E-state index in [9.17, 15) is 15.0 Å². The summed E-state index contributed by atoms with van der Waals surface area (Å²) in [6.45, 7) is 2.22. The Kier molecular flexibility index (Phi) is 3.99. The molecule has 2 rings (SSSR count). The lowest BCUT2D eigenvalue weighted by Gasteiger charge is -2.20. The smallest absolute Gasteiger partial charge is 0.310 e. The summed E-state index contributed by atoms with van der Waals surface area (Å²) >= 11 is 6.16. The van der Waals surface area contributed by atoms with E-state index in [4.69, 9.17) is 16.7 Å². The van der Waals surface area contributed by atoms with E-state index in [1.54, 1.807) is 30.0 Å². The minimum Gasteiger partial charge on any atom is -0.481 e. The van der Waals surface area contributed by atoms with Crippen LogP contribution in [0.25, 0.3) is 0 Å². The molecule has 1 fully saturated rings. The highest BCUT2D eigenvalue weighted by atomic mass is 35.5. The number of hydrogen-bond donors (Lipinski definition) is 3. The summed E-state index contributed by atoms with van der Waals surface area (Å²) in [6, 6.07) is 5.05. The molecule has 1 saturated heterocycles. The molecule has 6 heteroatoms. The molecule has 5 nitrogen and oxygen atoms in total. The minimum absolute atomic E-state index is 0.314. The molecule has 0 saturated carbocycles. The van der Waals surface area contributed by atoms with Gasteiger partial charge >= 0.3 is 5.97 Å². The maximum atomic E-state index is 10.9. The van der Waals surface area contributed by atoms with Gasteiger partial charge in [0.25, 0.3) is 0 Å². The summed E-state index contributed by atoms with van der Waals surface area (Å²) in [6.07, 6.45) is -1.57. The lowest BCUT2D eigenvalue weighted by atomic mass is 10.0. The molecule has 1 unspecified atom stereocenters. The first kappa shape index (κ1) is 14.1. The zero-order chi connectivity index (χ0) is 14.2. The van der Waals surface area contributed by atoms with Crippen molar-refractivity contribution in [2.75, 3.05) is 18.0 Å². The number of aliphatic hydroxyl groups is 2. The Morgan fingerprint density at radius 1 is 1.37 bits per heavy atom. The lowest BCUT2D eigenvalue weighted by Crippen LogP contribution is -2.22. The summed E-state index contributed by atoms with van der Waals surface area (Å²) in [4.78, 5) is 12.7. The van der Waals surface area contributed by atoms with Crippen LogP contribution >= 0.6 is 11.6 Å². The lowest BCUT2D eigenvalue weighted by molar-refractivity contribution is -0.138. The largest absolute Gasteiger partial charge is 0.481 e. The predicted octanol–water partition coefficient (Wildman–Crippen LogP) is 1.07. The molecule has 19 heavy (non-hydrogen) atoms. The summed E-state index contributed by atoms with van der Waals surface area (Å²) in [5.41, 5.74) is 1.32. The summed E-state index contributed by atoms with van der Waals surface area (Å²) in [5, 5.41) is 28.4. The second-order valence-electron chi connectivity index (χ2n) is 4.81. The Bertz CT molecular complexity index is 484. The van der Waals surface area contributed by atoms with E-state index in [0.717, 1.165) is 0 Å². The minimum atomic E-state index is -0.907. The number of aliphatic hydroxyl groups excluding tert-OH is 2. The van der Waals surface area contributed by atoms with Crippen LogP contribution in [-0.4, -0.2) is 46.6 Å². The number of hydrogen-bond acceptors (Lipinski definition) is 4. The zero-order valence-electron chi connectivity index (χ0n) is 10.5. The first-order valence-corrected chi connectivity index (χ1v) is 6.41. The maximum Gasteiger partial charge on any atom is 0.310 e. The molecule has 0 spiro atoms. The van der Waals surface area contributed by atoms with Gasteiger partial charge in [-0.3, -0.25) is 4.79 Å². The number of carboxylic acid groups (broad SMARTS) is 1. The van der Waals surface area contributed by atoms with Crippen molar-refractivity contribution in [2.45, 2.75) is 25.0 Å². The van der Waals surface area contributed by atoms with Gasteiger partial charge in [0.15, 0.2) is 0 Å². The van der Waals surface area contributed by atoms with Gasteiger partial charge in [0.1, 0.15) is 0 Å². The van der Waals surface area contributed by atoms with Gasteiger partial charge in [-0.05, 0) is 24.6 Å². The quantitative estimate of drug-likeness (QED) is 0.774. The Morgan fingerprint density at radius 2 is 1.95 bits per heavy atom. The van der Waals surface area contributed by atoms with Crippen molar-refractivity contribution in [3.8, 4) is 0 Å². The van der Waals surface area contributed by atoms with Crippen LogP contribution in [0.4, 0.5) is 5.69 Å². The van der Waals surface area contributed by atoms with Crippen LogP contribution in [0.5, 0.6) is 0 Å². The molecular formula is C13H16ClNO4. The summed E-state index contributed by atoms with van der Waals surface area (Å²) in [5.74, 6) is -1.53. The molecule has 0 radical (unpaired) electrons. The van der Waals surface area contributed by atoms with Crippen LogP contribution in [-0.2, 0) is 4.79 Å². The van der Waals surface area contributed by atoms with Crippen LogP contribution < -0.4 is 4.90 Å². The highest BCUT2D eigenvalue weighted by Crippen LogP contribution is 2.31. The van der Waals surface area contributed by atoms with E-state index >= 15 is 0 Å². The number of benzene rings is 1. The normalized spacial score (nSPS) is 24.5. The molecule has 1 aromatic carbocycles. The molecule has 1 aromatic rings. The molecule has 0 aromatic heterocycles. The van der Waals surface area contributed by atoms with Crippen molar-refractivity contribution in [3.05, 3.63) is 28.8 Å². The molecule has 0 bridgehead atoms. The molecule has 1 heterocycles. The summed E-state index contributed by atoms with van der Waals surface area (Å²) in [7, 11) is 0. The first-order valence-electron chi connectivity index (χ1n) is 6.03. The molecular weight excluding hydrogens is 270 g/mol. The summed E-state index contributed by atoms with van der Waals surface area (Å²) < 4.78 is 0. The van der Waals surface area contributed by atoms with E-state index in [0.29, 0.717) is 29.4 Å². The van der Waals surface area contributed by atoms with Crippen LogP contribution in [0.15, 0.2) is 18.2 Å². The van der Waals surface area contributed by atoms with Crippen molar-refractivity contribution in [3.63, 3.8) is 0 Å². The number of carbonyl (C=O) groups is 1. The monoisotopic (exact) mass is 285 g/mol. The van der Waals surface area contributed by atoms with Crippen molar-refractivity contribution in [2.24, 2.45) is 0 Å². The van der Waals surface area contributed by atoms with E-state index in [1.165, 1.54) is 0 Å². The highest BCUT2D eigenvalue weighted by molar-refractivity contribution is 6.33. The first-order chi connectivity index (χ1) is 8.90. The SMILES string of the molecule is CC(C(=O)O)c1ccc(N2C[C@H](O)[C@@H](O)C2)c(Cl)c1. The van der Waals surface area contributed by atoms with Gasteiger partial charge < -0.3 is 20.2 Å². The molecule has 1 aliphatic rings. The van der Waals surface area contributed by atoms with Gasteiger partial charge in [0, 0.05) is 13.1 Å². The number of carboxylic acids is 1.